The minimum atomic E-state index is -0.244. The quantitative estimate of drug-likeness (QED) is 0.471. The Kier molecular flexibility index (Phi) is 7.04. The van der Waals surface area contributed by atoms with Gasteiger partial charge >= 0.3 is 0 Å². The average Bonchev–Trinajstić information content (AvgIpc) is 2.10. The van der Waals surface area contributed by atoms with E-state index in [9.17, 15) is 4.79 Å². The van der Waals surface area contributed by atoms with Crippen LogP contribution in [0.5, 0.6) is 0 Å². The number of nitrogens with two attached hydrogens (primary N) is 1. The summed E-state index contributed by atoms with van der Waals surface area (Å²) >= 11 is 0. The van der Waals surface area contributed by atoms with Crippen LogP contribution in [-0.2, 0) is 9.53 Å². The molecule has 3 heteroatoms. The summed E-state index contributed by atoms with van der Waals surface area (Å²) in [6.45, 7) is 2.84. The number of primary amides is 1. The minimum Gasteiger partial charge on any atom is -0.369 e. The van der Waals surface area contributed by atoms with Gasteiger partial charge in [-0.25, -0.2) is 0 Å². The van der Waals surface area contributed by atoms with Gasteiger partial charge in [-0.05, 0) is 12.8 Å². The van der Waals surface area contributed by atoms with Gasteiger partial charge < -0.3 is 10.5 Å². The fraction of sp³-hybridized carbons (Fsp3) is 0.700. The van der Waals surface area contributed by atoms with E-state index in [0.29, 0.717) is 19.6 Å². The van der Waals surface area contributed by atoms with Crippen LogP contribution in [0.15, 0.2) is 0 Å². The highest BCUT2D eigenvalue weighted by molar-refractivity contribution is 5.76. The van der Waals surface area contributed by atoms with Crippen LogP contribution in [0.25, 0.3) is 0 Å². The Balaban J connectivity index is 3.58. The van der Waals surface area contributed by atoms with Crippen LogP contribution in [-0.4, -0.2) is 19.1 Å². The molecule has 0 aliphatic heterocycles. The van der Waals surface area contributed by atoms with E-state index in [0.717, 1.165) is 12.8 Å². The summed E-state index contributed by atoms with van der Waals surface area (Å²) in [4.78, 5) is 10.9. The average molecular weight is 183 g/mol. The molecule has 0 aromatic heterocycles. The highest BCUT2D eigenvalue weighted by Crippen LogP contribution is 2.10. The lowest BCUT2D eigenvalue weighted by Gasteiger charge is -2.10. The summed E-state index contributed by atoms with van der Waals surface area (Å²) in [5.41, 5.74) is 5.20. The molecule has 0 aliphatic rings. The topological polar surface area (TPSA) is 52.3 Å². The van der Waals surface area contributed by atoms with Crippen LogP contribution in [0, 0.1) is 18.3 Å². The number of carbonyl (C=O) groups is 1. The molecular formula is C10H17NO2. The predicted molar refractivity (Wildman–Crippen MR) is 51.9 cm³/mol. The molecule has 0 saturated carbocycles. The van der Waals surface area contributed by atoms with Crippen molar-refractivity contribution in [3.05, 3.63) is 0 Å². The van der Waals surface area contributed by atoms with Crippen LogP contribution in [0.3, 0.4) is 0 Å². The predicted octanol–water partition coefficient (Wildman–Crippen LogP) is 0.928. The van der Waals surface area contributed by atoms with Crippen molar-refractivity contribution in [2.24, 2.45) is 11.7 Å². The summed E-state index contributed by atoms with van der Waals surface area (Å²) < 4.78 is 5.07. The van der Waals surface area contributed by atoms with Crippen molar-refractivity contribution in [2.75, 3.05) is 13.2 Å². The molecule has 0 spiro atoms. The van der Waals surface area contributed by atoms with Gasteiger partial charge in [0.2, 0.25) is 5.91 Å². The van der Waals surface area contributed by atoms with Gasteiger partial charge in [0.05, 0.1) is 0 Å². The molecule has 0 bridgehead atoms. The maximum Gasteiger partial charge on any atom is 0.220 e. The summed E-state index contributed by atoms with van der Waals surface area (Å²) in [6.07, 6.45) is 7.46. The summed E-state index contributed by atoms with van der Waals surface area (Å²) in [6, 6.07) is 0. The lowest BCUT2D eigenvalue weighted by Crippen LogP contribution is -2.24. The van der Waals surface area contributed by atoms with E-state index < -0.39 is 0 Å². The second-order valence-corrected chi connectivity index (χ2v) is 2.93. The Morgan fingerprint density at radius 3 is 2.77 bits per heavy atom. The first kappa shape index (κ1) is 12.0. The molecule has 74 valence electrons. The summed E-state index contributed by atoms with van der Waals surface area (Å²) in [5.74, 6) is 2.05. The Hall–Kier alpha value is -1.01. The summed E-state index contributed by atoms with van der Waals surface area (Å²) in [5, 5.41) is 0. The molecular weight excluding hydrogens is 166 g/mol. The van der Waals surface area contributed by atoms with Gasteiger partial charge in [-0.2, -0.15) is 0 Å². The molecule has 1 atom stereocenters. The smallest absolute Gasteiger partial charge is 0.220 e. The standard InChI is InChI=1S/C10H17NO2/c1-3-5-9(10(11)12)6-8-13-7-4-2/h2,9H,3,5-8H2,1H3,(H2,11,12). The van der Waals surface area contributed by atoms with E-state index >= 15 is 0 Å². The van der Waals surface area contributed by atoms with Crippen LogP contribution in [0.1, 0.15) is 26.2 Å². The van der Waals surface area contributed by atoms with Crippen molar-refractivity contribution in [1.82, 2.24) is 0 Å². The molecule has 3 nitrogen and oxygen atoms in total. The van der Waals surface area contributed by atoms with E-state index in [1.165, 1.54) is 0 Å². The van der Waals surface area contributed by atoms with Gasteiger partial charge in [0.1, 0.15) is 6.61 Å². The van der Waals surface area contributed by atoms with Crippen LogP contribution in [0.2, 0.25) is 0 Å². The second kappa shape index (κ2) is 7.63. The Morgan fingerprint density at radius 2 is 2.31 bits per heavy atom. The van der Waals surface area contributed by atoms with Gasteiger partial charge in [0.25, 0.3) is 0 Å². The van der Waals surface area contributed by atoms with Gasteiger partial charge in [-0.15, -0.1) is 6.42 Å². The van der Waals surface area contributed by atoms with Crippen molar-refractivity contribution in [3.63, 3.8) is 0 Å². The number of terminal acetylenes is 1. The van der Waals surface area contributed by atoms with E-state index in [2.05, 4.69) is 5.92 Å². The van der Waals surface area contributed by atoms with Crippen molar-refractivity contribution >= 4 is 5.91 Å². The van der Waals surface area contributed by atoms with Crippen molar-refractivity contribution in [3.8, 4) is 12.3 Å². The van der Waals surface area contributed by atoms with Gasteiger partial charge in [-0.1, -0.05) is 19.3 Å². The lowest BCUT2D eigenvalue weighted by atomic mass is 10.00. The van der Waals surface area contributed by atoms with Crippen molar-refractivity contribution in [2.45, 2.75) is 26.2 Å². The first-order valence-corrected chi connectivity index (χ1v) is 4.52. The van der Waals surface area contributed by atoms with Crippen molar-refractivity contribution < 1.29 is 9.53 Å². The molecule has 0 aliphatic carbocycles. The fourth-order valence-corrected chi connectivity index (χ4v) is 1.13. The highest BCUT2D eigenvalue weighted by Gasteiger charge is 2.13. The largest absolute Gasteiger partial charge is 0.369 e. The molecule has 1 unspecified atom stereocenters. The van der Waals surface area contributed by atoms with Gasteiger partial charge in [0, 0.05) is 12.5 Å². The Labute approximate surface area is 79.6 Å². The number of amides is 1. The maximum atomic E-state index is 10.9. The molecule has 13 heavy (non-hydrogen) atoms. The van der Waals surface area contributed by atoms with Crippen molar-refractivity contribution in [1.29, 1.82) is 0 Å². The number of ether oxygens (including phenoxy) is 1. The Bertz CT molecular complexity index is 184. The molecule has 0 radical (unpaired) electrons. The maximum absolute atomic E-state index is 10.9. The molecule has 2 N–H and O–H groups in total. The molecule has 0 fully saturated rings. The zero-order chi connectivity index (χ0) is 10.1. The van der Waals surface area contributed by atoms with E-state index in [4.69, 9.17) is 16.9 Å². The zero-order valence-corrected chi connectivity index (χ0v) is 8.08. The minimum absolute atomic E-state index is 0.0669. The number of hydrogen-bond acceptors (Lipinski definition) is 2. The van der Waals surface area contributed by atoms with E-state index in [1.807, 2.05) is 6.92 Å². The molecule has 1 amide bonds. The fourth-order valence-electron chi connectivity index (χ4n) is 1.13. The number of hydrogen-bond donors (Lipinski definition) is 1. The first-order valence-electron chi connectivity index (χ1n) is 4.52. The molecule has 0 heterocycles. The number of rotatable bonds is 7. The third kappa shape index (κ3) is 6.18. The lowest BCUT2D eigenvalue weighted by molar-refractivity contribution is -0.122. The molecule has 0 aromatic rings. The van der Waals surface area contributed by atoms with Crippen LogP contribution < -0.4 is 5.73 Å². The van der Waals surface area contributed by atoms with Crippen LogP contribution >= 0.6 is 0 Å². The van der Waals surface area contributed by atoms with Crippen LogP contribution in [0.4, 0.5) is 0 Å². The SMILES string of the molecule is C#CCOCCC(CCC)C(N)=O. The number of carbonyl (C=O) groups excluding carboxylic acids is 1. The van der Waals surface area contributed by atoms with Gasteiger partial charge in [-0.3, -0.25) is 4.79 Å². The third-order valence-corrected chi connectivity index (χ3v) is 1.84. The monoisotopic (exact) mass is 183 g/mol. The molecule has 0 rings (SSSR count). The molecule has 0 aromatic carbocycles. The van der Waals surface area contributed by atoms with Gasteiger partial charge in [0.15, 0.2) is 0 Å². The zero-order valence-electron chi connectivity index (χ0n) is 8.08. The molecule has 0 saturated heterocycles. The third-order valence-electron chi connectivity index (χ3n) is 1.84. The normalized spacial score (nSPS) is 12.0. The van der Waals surface area contributed by atoms with E-state index in [1.54, 1.807) is 0 Å². The summed E-state index contributed by atoms with van der Waals surface area (Å²) in [7, 11) is 0. The van der Waals surface area contributed by atoms with E-state index in [-0.39, 0.29) is 11.8 Å². The highest BCUT2D eigenvalue weighted by atomic mass is 16.5. The Morgan fingerprint density at radius 1 is 1.62 bits per heavy atom. The first-order chi connectivity index (χ1) is 6.22. The second-order valence-electron chi connectivity index (χ2n) is 2.93.